The molecular weight excluding hydrogens is 268 g/mol. The van der Waals surface area contributed by atoms with Crippen LogP contribution in [0.15, 0.2) is 30.3 Å². The third-order valence-electron chi connectivity index (χ3n) is 5.71. The monoisotopic (exact) mass is 300 g/mol. The molecule has 1 aliphatic carbocycles. The van der Waals surface area contributed by atoms with Crippen LogP contribution >= 0.6 is 0 Å². The molecule has 1 heterocycles. The maximum atomic E-state index is 3.98. The molecule has 0 unspecified atom stereocenters. The summed E-state index contributed by atoms with van der Waals surface area (Å²) in [6.07, 6.45) is 9.55. The maximum Gasteiger partial charge on any atom is 0.00953 e. The summed E-state index contributed by atoms with van der Waals surface area (Å²) in [5.74, 6) is 0.880. The minimum atomic E-state index is 0.763. The first-order valence-corrected chi connectivity index (χ1v) is 9.33. The number of piperidine rings is 1. The standard InChI is InChI=1S/C20H32N2/c1-17-7-5-6-10-20(17)21-19-12-15-22(16-13-19)14-11-18-8-3-2-4-9-18/h2-4,8-9,17,19-21H,5-7,10-16H2,1H3/t17-,20+/m0/s1. The highest BCUT2D eigenvalue weighted by atomic mass is 15.1. The fraction of sp³-hybridized carbons (Fsp3) is 0.700. The van der Waals surface area contributed by atoms with E-state index in [2.05, 4.69) is 47.5 Å². The van der Waals surface area contributed by atoms with Crippen LogP contribution in [0.3, 0.4) is 0 Å². The summed E-state index contributed by atoms with van der Waals surface area (Å²) >= 11 is 0. The van der Waals surface area contributed by atoms with E-state index in [1.54, 1.807) is 0 Å². The van der Waals surface area contributed by atoms with Crippen LogP contribution in [0.2, 0.25) is 0 Å². The highest BCUT2D eigenvalue weighted by molar-refractivity contribution is 5.14. The Morgan fingerprint density at radius 2 is 1.73 bits per heavy atom. The smallest absolute Gasteiger partial charge is 0.00953 e. The zero-order chi connectivity index (χ0) is 15.2. The lowest BCUT2D eigenvalue weighted by molar-refractivity contribution is 0.172. The van der Waals surface area contributed by atoms with Gasteiger partial charge in [0.05, 0.1) is 0 Å². The molecular formula is C20H32N2. The topological polar surface area (TPSA) is 15.3 Å². The number of benzene rings is 1. The molecule has 3 rings (SSSR count). The highest BCUT2D eigenvalue weighted by Gasteiger charge is 2.26. The Balaban J connectivity index is 1.37. The van der Waals surface area contributed by atoms with Gasteiger partial charge in [0, 0.05) is 18.6 Å². The van der Waals surface area contributed by atoms with Gasteiger partial charge in [0.25, 0.3) is 0 Å². The second kappa shape index (κ2) is 8.12. The van der Waals surface area contributed by atoms with E-state index in [9.17, 15) is 0 Å². The molecule has 1 N–H and O–H groups in total. The van der Waals surface area contributed by atoms with Crippen molar-refractivity contribution in [3.63, 3.8) is 0 Å². The Kier molecular flexibility index (Phi) is 5.91. The Labute approximate surface area is 136 Å². The summed E-state index contributed by atoms with van der Waals surface area (Å²) in [6, 6.07) is 12.5. The minimum Gasteiger partial charge on any atom is -0.311 e. The van der Waals surface area contributed by atoms with Gasteiger partial charge in [0.15, 0.2) is 0 Å². The second-order valence-corrected chi connectivity index (χ2v) is 7.39. The van der Waals surface area contributed by atoms with Crippen molar-refractivity contribution < 1.29 is 0 Å². The Bertz CT molecular complexity index is 423. The molecule has 2 heteroatoms. The van der Waals surface area contributed by atoms with Crippen molar-refractivity contribution in [1.29, 1.82) is 0 Å². The van der Waals surface area contributed by atoms with E-state index in [0.29, 0.717) is 0 Å². The van der Waals surface area contributed by atoms with Crippen molar-refractivity contribution >= 4 is 0 Å². The zero-order valence-corrected chi connectivity index (χ0v) is 14.1. The van der Waals surface area contributed by atoms with Crippen LogP contribution in [0.1, 0.15) is 51.0 Å². The van der Waals surface area contributed by atoms with Gasteiger partial charge in [-0.3, -0.25) is 0 Å². The summed E-state index contributed by atoms with van der Waals surface area (Å²) in [7, 11) is 0. The molecule has 2 fully saturated rings. The lowest BCUT2D eigenvalue weighted by atomic mass is 9.85. The zero-order valence-electron chi connectivity index (χ0n) is 14.1. The lowest BCUT2D eigenvalue weighted by Gasteiger charge is -2.37. The molecule has 122 valence electrons. The van der Waals surface area contributed by atoms with Gasteiger partial charge >= 0.3 is 0 Å². The third-order valence-corrected chi connectivity index (χ3v) is 5.71. The maximum absolute atomic E-state index is 3.98. The van der Waals surface area contributed by atoms with Crippen molar-refractivity contribution in [3.05, 3.63) is 35.9 Å². The number of hydrogen-bond donors (Lipinski definition) is 1. The largest absolute Gasteiger partial charge is 0.311 e. The molecule has 1 aliphatic heterocycles. The van der Waals surface area contributed by atoms with Gasteiger partial charge in [-0.1, -0.05) is 50.1 Å². The predicted molar refractivity (Wildman–Crippen MR) is 94.2 cm³/mol. The van der Waals surface area contributed by atoms with Gasteiger partial charge < -0.3 is 10.2 Å². The molecule has 22 heavy (non-hydrogen) atoms. The molecule has 1 saturated heterocycles. The molecule has 1 saturated carbocycles. The van der Waals surface area contributed by atoms with Gasteiger partial charge in [-0.15, -0.1) is 0 Å². The van der Waals surface area contributed by atoms with Crippen LogP contribution in [-0.2, 0) is 6.42 Å². The molecule has 0 bridgehead atoms. The van der Waals surface area contributed by atoms with E-state index >= 15 is 0 Å². The normalized spacial score (nSPS) is 27.9. The van der Waals surface area contributed by atoms with Crippen LogP contribution in [0.25, 0.3) is 0 Å². The highest BCUT2D eigenvalue weighted by Crippen LogP contribution is 2.25. The van der Waals surface area contributed by atoms with E-state index < -0.39 is 0 Å². The van der Waals surface area contributed by atoms with Crippen molar-refractivity contribution in [2.75, 3.05) is 19.6 Å². The number of hydrogen-bond acceptors (Lipinski definition) is 2. The Morgan fingerprint density at radius 1 is 1.00 bits per heavy atom. The van der Waals surface area contributed by atoms with E-state index in [1.165, 1.54) is 70.1 Å². The van der Waals surface area contributed by atoms with E-state index in [-0.39, 0.29) is 0 Å². The predicted octanol–water partition coefficient (Wildman–Crippen LogP) is 3.86. The van der Waals surface area contributed by atoms with Crippen LogP contribution in [-0.4, -0.2) is 36.6 Å². The van der Waals surface area contributed by atoms with Gasteiger partial charge in [-0.05, 0) is 56.7 Å². The molecule has 2 atom stereocenters. The van der Waals surface area contributed by atoms with Gasteiger partial charge in [0.1, 0.15) is 0 Å². The SMILES string of the molecule is C[C@H]1CCCC[C@H]1NC1CCN(CCc2ccccc2)CC1. The Hall–Kier alpha value is -0.860. The quantitative estimate of drug-likeness (QED) is 0.888. The van der Waals surface area contributed by atoms with Gasteiger partial charge in [-0.2, -0.15) is 0 Å². The summed E-state index contributed by atoms with van der Waals surface area (Å²) in [4.78, 5) is 2.65. The molecule has 1 aromatic carbocycles. The molecule has 2 nitrogen and oxygen atoms in total. The fourth-order valence-corrected chi connectivity index (χ4v) is 4.12. The van der Waals surface area contributed by atoms with Crippen molar-refractivity contribution in [2.24, 2.45) is 5.92 Å². The average Bonchev–Trinajstić information content (AvgIpc) is 2.57. The molecule has 1 aromatic rings. The van der Waals surface area contributed by atoms with Gasteiger partial charge in [0.2, 0.25) is 0 Å². The first-order chi connectivity index (χ1) is 10.8. The first-order valence-electron chi connectivity index (χ1n) is 9.33. The summed E-state index contributed by atoms with van der Waals surface area (Å²) in [5, 5.41) is 3.98. The number of nitrogens with zero attached hydrogens (tertiary/aromatic N) is 1. The van der Waals surface area contributed by atoms with Crippen LogP contribution in [0, 0.1) is 5.92 Å². The molecule has 0 radical (unpaired) electrons. The number of rotatable bonds is 5. The van der Waals surface area contributed by atoms with Crippen LogP contribution in [0.4, 0.5) is 0 Å². The summed E-state index contributed by atoms with van der Waals surface area (Å²) in [5.41, 5.74) is 1.47. The van der Waals surface area contributed by atoms with E-state index in [1.807, 2.05) is 0 Å². The van der Waals surface area contributed by atoms with Crippen LogP contribution < -0.4 is 5.32 Å². The first kappa shape index (κ1) is 16.0. The molecule has 0 aromatic heterocycles. The lowest BCUT2D eigenvalue weighted by Crippen LogP contribution is -2.49. The number of nitrogens with one attached hydrogen (secondary N) is 1. The van der Waals surface area contributed by atoms with Crippen LogP contribution in [0.5, 0.6) is 0 Å². The second-order valence-electron chi connectivity index (χ2n) is 7.39. The third kappa shape index (κ3) is 4.57. The van der Waals surface area contributed by atoms with Crippen molar-refractivity contribution in [2.45, 2.75) is 64.0 Å². The van der Waals surface area contributed by atoms with E-state index in [4.69, 9.17) is 0 Å². The fourth-order valence-electron chi connectivity index (χ4n) is 4.12. The van der Waals surface area contributed by atoms with Gasteiger partial charge in [-0.25, -0.2) is 0 Å². The Morgan fingerprint density at radius 3 is 2.45 bits per heavy atom. The summed E-state index contributed by atoms with van der Waals surface area (Å²) < 4.78 is 0. The average molecular weight is 300 g/mol. The minimum absolute atomic E-state index is 0.763. The summed E-state index contributed by atoms with van der Waals surface area (Å²) in [6.45, 7) is 6.19. The van der Waals surface area contributed by atoms with Crippen molar-refractivity contribution in [1.82, 2.24) is 10.2 Å². The molecule has 0 spiro atoms. The molecule has 2 aliphatic rings. The number of likely N-dealkylation sites (tertiary alicyclic amines) is 1. The van der Waals surface area contributed by atoms with Crippen molar-refractivity contribution in [3.8, 4) is 0 Å². The molecule has 0 amide bonds. The van der Waals surface area contributed by atoms with E-state index in [0.717, 1.165) is 18.0 Å².